The van der Waals surface area contributed by atoms with E-state index in [1.807, 2.05) is 13.8 Å². The van der Waals surface area contributed by atoms with Gasteiger partial charge in [-0.3, -0.25) is 4.90 Å². The molecule has 1 aliphatic heterocycles. The van der Waals surface area contributed by atoms with Gasteiger partial charge in [0.05, 0.1) is 0 Å². The monoisotopic (exact) mass is 200 g/mol. The van der Waals surface area contributed by atoms with Crippen molar-refractivity contribution in [3.8, 4) is 0 Å². The summed E-state index contributed by atoms with van der Waals surface area (Å²) in [5, 5.41) is 3.46. The lowest BCUT2D eigenvalue weighted by atomic mass is 9.99. The van der Waals surface area contributed by atoms with Crippen LogP contribution < -0.4 is 5.32 Å². The Bertz CT molecular complexity index is 116. The number of piperazine rings is 1. The molecule has 0 aromatic rings. The third kappa shape index (κ3) is 3.97. The molecule has 1 aliphatic rings. The molecular formula is C12H28N2. The normalized spacial score (nSPS) is 23.6. The van der Waals surface area contributed by atoms with Gasteiger partial charge in [-0.05, 0) is 19.8 Å². The van der Waals surface area contributed by atoms with Crippen LogP contribution in [0.2, 0.25) is 0 Å². The largest absolute Gasteiger partial charge is 0.314 e. The molecule has 0 spiro atoms. The van der Waals surface area contributed by atoms with Crippen LogP contribution in [0.4, 0.5) is 0 Å². The maximum atomic E-state index is 3.46. The molecule has 1 atom stereocenters. The Morgan fingerprint density at radius 3 is 2.07 bits per heavy atom. The zero-order chi connectivity index (χ0) is 11.1. The Kier molecular flexibility index (Phi) is 7.20. The molecule has 0 aliphatic carbocycles. The van der Waals surface area contributed by atoms with E-state index in [4.69, 9.17) is 0 Å². The smallest absolute Gasteiger partial charge is 0.0246 e. The van der Waals surface area contributed by atoms with E-state index in [1.54, 1.807) is 0 Å². The fourth-order valence-corrected chi connectivity index (χ4v) is 2.00. The predicted molar refractivity (Wildman–Crippen MR) is 64.7 cm³/mol. The number of nitrogens with zero attached hydrogens (tertiary/aromatic N) is 1. The Morgan fingerprint density at radius 2 is 1.71 bits per heavy atom. The molecule has 0 radical (unpaired) electrons. The fourth-order valence-electron chi connectivity index (χ4n) is 2.00. The van der Waals surface area contributed by atoms with Crippen LogP contribution in [0, 0.1) is 5.92 Å². The molecule has 0 aromatic carbocycles. The minimum Gasteiger partial charge on any atom is -0.314 e. The van der Waals surface area contributed by atoms with Crippen LogP contribution in [-0.2, 0) is 0 Å². The molecule has 0 aromatic heterocycles. The number of hydrogen-bond donors (Lipinski definition) is 1. The highest BCUT2D eigenvalue weighted by molar-refractivity contribution is 4.83. The second-order valence-electron chi connectivity index (χ2n) is 4.35. The minimum atomic E-state index is 0.694. The van der Waals surface area contributed by atoms with Crippen molar-refractivity contribution < 1.29 is 0 Å². The van der Waals surface area contributed by atoms with E-state index in [1.165, 1.54) is 6.54 Å². The highest BCUT2D eigenvalue weighted by Gasteiger charge is 2.26. The van der Waals surface area contributed by atoms with Crippen molar-refractivity contribution in [1.29, 1.82) is 0 Å². The molecule has 86 valence electrons. The maximum absolute atomic E-state index is 3.46. The topological polar surface area (TPSA) is 15.3 Å². The van der Waals surface area contributed by atoms with Crippen LogP contribution in [0.15, 0.2) is 0 Å². The Morgan fingerprint density at radius 1 is 1.14 bits per heavy atom. The van der Waals surface area contributed by atoms with Crippen LogP contribution >= 0.6 is 0 Å². The van der Waals surface area contributed by atoms with Crippen LogP contribution in [0.5, 0.6) is 0 Å². The van der Waals surface area contributed by atoms with E-state index >= 15 is 0 Å². The van der Waals surface area contributed by atoms with E-state index < -0.39 is 0 Å². The van der Waals surface area contributed by atoms with Gasteiger partial charge in [0.1, 0.15) is 0 Å². The van der Waals surface area contributed by atoms with Crippen molar-refractivity contribution >= 4 is 0 Å². The van der Waals surface area contributed by atoms with Gasteiger partial charge in [-0.15, -0.1) is 0 Å². The summed E-state index contributed by atoms with van der Waals surface area (Å²) in [6, 6.07) is 1.43. The molecule has 2 heteroatoms. The molecular weight excluding hydrogens is 172 g/mol. The first-order valence-corrected chi connectivity index (χ1v) is 6.09. The summed E-state index contributed by atoms with van der Waals surface area (Å²) in [5.41, 5.74) is 0. The van der Waals surface area contributed by atoms with Crippen LogP contribution in [0.25, 0.3) is 0 Å². The minimum absolute atomic E-state index is 0.694. The maximum Gasteiger partial charge on any atom is 0.0246 e. The first kappa shape index (κ1) is 13.9. The summed E-state index contributed by atoms with van der Waals surface area (Å²) in [5.74, 6) is 0.764. The van der Waals surface area contributed by atoms with Gasteiger partial charge in [-0.25, -0.2) is 0 Å². The van der Waals surface area contributed by atoms with E-state index in [0.29, 0.717) is 6.04 Å². The number of nitrogens with one attached hydrogen (secondary N) is 1. The fraction of sp³-hybridized carbons (Fsp3) is 1.00. The van der Waals surface area contributed by atoms with Crippen LogP contribution in [0.1, 0.15) is 41.5 Å². The van der Waals surface area contributed by atoms with Crippen molar-refractivity contribution in [2.75, 3.05) is 19.6 Å². The van der Waals surface area contributed by atoms with Crippen molar-refractivity contribution in [3.63, 3.8) is 0 Å². The van der Waals surface area contributed by atoms with E-state index in [2.05, 4.69) is 37.9 Å². The molecule has 1 saturated heterocycles. The van der Waals surface area contributed by atoms with Gasteiger partial charge in [0.15, 0.2) is 0 Å². The first-order valence-electron chi connectivity index (χ1n) is 6.09. The third-order valence-electron chi connectivity index (χ3n) is 2.76. The molecule has 1 fully saturated rings. The Balaban J connectivity index is 0.000000791. The lowest BCUT2D eigenvalue weighted by Crippen LogP contribution is -2.55. The summed E-state index contributed by atoms with van der Waals surface area (Å²) in [6.45, 7) is 16.7. The molecule has 1 rings (SSSR count). The average Bonchev–Trinajstić information content (AvgIpc) is 2.20. The summed E-state index contributed by atoms with van der Waals surface area (Å²) >= 11 is 0. The number of hydrogen-bond acceptors (Lipinski definition) is 2. The van der Waals surface area contributed by atoms with Crippen molar-refractivity contribution in [2.45, 2.75) is 53.6 Å². The van der Waals surface area contributed by atoms with E-state index in [0.717, 1.165) is 25.0 Å². The summed E-state index contributed by atoms with van der Waals surface area (Å²) in [4.78, 5) is 2.61. The molecule has 1 heterocycles. The second-order valence-corrected chi connectivity index (χ2v) is 4.35. The molecule has 2 nitrogen and oxygen atoms in total. The molecule has 14 heavy (non-hydrogen) atoms. The highest BCUT2D eigenvalue weighted by atomic mass is 15.2. The molecule has 1 unspecified atom stereocenters. The summed E-state index contributed by atoms with van der Waals surface area (Å²) in [7, 11) is 0. The number of rotatable bonds is 2. The lowest BCUT2D eigenvalue weighted by Gasteiger charge is -2.41. The van der Waals surface area contributed by atoms with Crippen molar-refractivity contribution in [1.82, 2.24) is 10.2 Å². The first-order chi connectivity index (χ1) is 6.63. The molecule has 1 N–H and O–H groups in total. The van der Waals surface area contributed by atoms with Gasteiger partial charge in [0, 0.05) is 31.7 Å². The van der Waals surface area contributed by atoms with Crippen molar-refractivity contribution in [2.24, 2.45) is 5.92 Å². The zero-order valence-electron chi connectivity index (χ0n) is 10.8. The van der Waals surface area contributed by atoms with Crippen molar-refractivity contribution in [3.05, 3.63) is 0 Å². The van der Waals surface area contributed by atoms with Crippen LogP contribution in [-0.4, -0.2) is 36.6 Å². The Labute approximate surface area is 90.1 Å². The van der Waals surface area contributed by atoms with Gasteiger partial charge in [0.25, 0.3) is 0 Å². The van der Waals surface area contributed by atoms with Gasteiger partial charge < -0.3 is 5.32 Å². The standard InChI is InChI=1S/C10H22N2.C2H6/c1-8(2)10-7-11-5-6-12(10)9(3)4;1-2/h8-11H,5-7H2,1-4H3;1-2H3. The molecule has 0 amide bonds. The third-order valence-corrected chi connectivity index (χ3v) is 2.76. The molecule has 0 saturated carbocycles. The summed E-state index contributed by atoms with van der Waals surface area (Å²) in [6.07, 6.45) is 0. The van der Waals surface area contributed by atoms with Gasteiger partial charge in [-0.1, -0.05) is 27.7 Å². The SMILES string of the molecule is CC.CC(C)C1CNCCN1C(C)C. The Hall–Kier alpha value is -0.0800. The predicted octanol–water partition coefficient (Wildman–Crippen LogP) is 2.35. The highest BCUT2D eigenvalue weighted by Crippen LogP contribution is 2.15. The van der Waals surface area contributed by atoms with E-state index in [-0.39, 0.29) is 0 Å². The molecule has 0 bridgehead atoms. The quantitative estimate of drug-likeness (QED) is 0.736. The summed E-state index contributed by atoms with van der Waals surface area (Å²) < 4.78 is 0. The van der Waals surface area contributed by atoms with Crippen LogP contribution in [0.3, 0.4) is 0 Å². The second kappa shape index (κ2) is 7.24. The van der Waals surface area contributed by atoms with Gasteiger partial charge >= 0.3 is 0 Å². The lowest BCUT2D eigenvalue weighted by molar-refractivity contribution is 0.0923. The van der Waals surface area contributed by atoms with Gasteiger partial charge in [-0.2, -0.15) is 0 Å². The van der Waals surface area contributed by atoms with Gasteiger partial charge in [0.2, 0.25) is 0 Å². The zero-order valence-corrected chi connectivity index (χ0v) is 10.8. The average molecular weight is 200 g/mol. The van der Waals surface area contributed by atoms with E-state index in [9.17, 15) is 0 Å².